The SMILES string of the molecule is C1=CC2=[N+](c3nc(-c4ccccc4)nc(-c4ccccc4)n3)C3=CC=CC4=[N+](c5nc(-c6ccccc6)nc(-c6ccccc6)n5)C5=CCC=C6C(=C1)C2N(C65)C34. The molecule has 0 amide bonds. The van der Waals surface area contributed by atoms with Crippen molar-refractivity contribution in [1.29, 1.82) is 0 Å². The lowest BCUT2D eigenvalue weighted by Crippen LogP contribution is -2.63. The lowest BCUT2D eigenvalue weighted by molar-refractivity contribution is -0.433. The van der Waals surface area contributed by atoms with E-state index in [1.54, 1.807) is 0 Å². The first kappa shape index (κ1) is 31.9. The van der Waals surface area contributed by atoms with Gasteiger partial charge in [-0.15, -0.1) is 0 Å². The van der Waals surface area contributed by atoms with Crippen LogP contribution < -0.4 is 0 Å². The number of allylic oxidation sites excluding steroid dienone is 6. The van der Waals surface area contributed by atoms with Crippen LogP contribution >= 0.6 is 0 Å². The first-order valence-electron chi connectivity index (χ1n) is 19.3. The van der Waals surface area contributed by atoms with E-state index in [0.717, 1.165) is 51.5 Å². The van der Waals surface area contributed by atoms with Gasteiger partial charge in [0, 0.05) is 22.3 Å². The van der Waals surface area contributed by atoms with E-state index < -0.39 is 0 Å². The Morgan fingerprint density at radius 2 is 0.860 bits per heavy atom. The van der Waals surface area contributed by atoms with Crippen LogP contribution in [0, 0.1) is 0 Å². The van der Waals surface area contributed by atoms with Crippen LogP contribution in [-0.2, 0) is 0 Å². The van der Waals surface area contributed by atoms with Crippen molar-refractivity contribution in [3.63, 3.8) is 0 Å². The number of hydrogen-bond donors (Lipinski definition) is 0. The fraction of sp³-hybridized carbons (Fsp3) is 0.0833. The number of fused-ring (bicyclic) bond motifs is 1. The average Bonchev–Trinajstić information content (AvgIpc) is 3.64. The molecule has 0 bridgehead atoms. The Hall–Kier alpha value is -7.36. The summed E-state index contributed by atoms with van der Waals surface area (Å²) in [6, 6.07) is 40.5. The molecule has 268 valence electrons. The van der Waals surface area contributed by atoms with Crippen molar-refractivity contribution < 1.29 is 9.15 Å². The van der Waals surface area contributed by atoms with E-state index in [4.69, 9.17) is 29.9 Å². The van der Waals surface area contributed by atoms with Gasteiger partial charge < -0.3 is 0 Å². The Bertz CT molecular complexity index is 2810. The van der Waals surface area contributed by atoms with E-state index >= 15 is 0 Å². The van der Waals surface area contributed by atoms with Gasteiger partial charge >= 0.3 is 11.9 Å². The number of benzene rings is 4. The summed E-state index contributed by atoms with van der Waals surface area (Å²) in [5.74, 6) is 3.69. The van der Waals surface area contributed by atoms with Crippen LogP contribution in [0.5, 0.6) is 0 Å². The van der Waals surface area contributed by atoms with Gasteiger partial charge in [-0.2, -0.15) is 19.1 Å². The minimum atomic E-state index is -0.168. The Morgan fingerprint density at radius 3 is 1.35 bits per heavy atom. The topological polar surface area (TPSA) is 86.6 Å². The molecule has 4 aromatic carbocycles. The molecule has 12 rings (SSSR count). The van der Waals surface area contributed by atoms with Gasteiger partial charge in [-0.3, -0.25) is 4.90 Å². The maximum absolute atomic E-state index is 5.27. The van der Waals surface area contributed by atoms with Gasteiger partial charge in [0.15, 0.2) is 0 Å². The Balaban J connectivity index is 1.11. The summed E-state index contributed by atoms with van der Waals surface area (Å²) in [6.07, 6.45) is 18.8. The summed E-state index contributed by atoms with van der Waals surface area (Å²) in [5.41, 5.74) is 10.8. The molecule has 9 nitrogen and oxygen atoms in total. The standard InChI is InChI=1S/C48H33N9/c1-5-16-30(17-6-1)43-49-44(31-18-7-2-8-19-31)52-47(51-43)55-36-26-13-24-34-35-25-14-27-37-41(35)57(40(34)36)42-38(55)28-15-29-39(42)56(37)48-53-45(32-20-9-3-10-21-32)50-46(54-48)33-22-11-4-12-23-33/h1-13,15-29,40-42H,14H2/q+2. The van der Waals surface area contributed by atoms with E-state index in [9.17, 15) is 0 Å². The second-order valence-corrected chi connectivity index (χ2v) is 14.7. The molecule has 3 unspecified atom stereocenters. The van der Waals surface area contributed by atoms with Gasteiger partial charge in [-0.25, -0.2) is 0 Å². The summed E-state index contributed by atoms with van der Waals surface area (Å²) in [4.78, 5) is 33.8. The molecular weight excluding hydrogens is 703 g/mol. The largest absolute Gasteiger partial charge is 0.442 e. The van der Waals surface area contributed by atoms with E-state index in [0.29, 0.717) is 35.2 Å². The smallest absolute Gasteiger partial charge is 0.260 e. The summed E-state index contributed by atoms with van der Waals surface area (Å²) in [7, 11) is 0. The number of aromatic nitrogens is 6. The molecule has 3 aliphatic heterocycles. The maximum atomic E-state index is 5.27. The van der Waals surface area contributed by atoms with E-state index in [1.807, 2.05) is 72.8 Å². The van der Waals surface area contributed by atoms with Crippen LogP contribution in [0.4, 0.5) is 11.9 Å². The van der Waals surface area contributed by atoms with Crippen LogP contribution in [0.25, 0.3) is 45.6 Å². The van der Waals surface area contributed by atoms with Crippen LogP contribution in [-0.4, -0.2) is 73.5 Å². The van der Waals surface area contributed by atoms with Crippen molar-refractivity contribution in [2.24, 2.45) is 0 Å². The molecule has 2 aromatic heterocycles. The van der Waals surface area contributed by atoms with Crippen LogP contribution in [0.2, 0.25) is 0 Å². The molecule has 0 spiro atoms. The summed E-state index contributed by atoms with van der Waals surface area (Å²) in [5, 5.41) is 0. The molecule has 57 heavy (non-hydrogen) atoms. The second kappa shape index (κ2) is 12.6. The summed E-state index contributed by atoms with van der Waals surface area (Å²) in [6.45, 7) is 0. The highest BCUT2D eigenvalue weighted by Gasteiger charge is 2.60. The van der Waals surface area contributed by atoms with Gasteiger partial charge in [0.2, 0.25) is 23.3 Å². The summed E-state index contributed by atoms with van der Waals surface area (Å²) >= 11 is 0. The lowest BCUT2D eigenvalue weighted by Gasteiger charge is -2.46. The predicted molar refractivity (Wildman–Crippen MR) is 220 cm³/mol. The normalized spacial score (nSPS) is 21.2. The molecule has 3 aliphatic carbocycles. The third kappa shape index (κ3) is 4.92. The molecule has 6 aromatic rings. The van der Waals surface area contributed by atoms with E-state index in [1.165, 1.54) is 11.1 Å². The fourth-order valence-electron chi connectivity index (χ4n) is 9.13. The zero-order valence-electron chi connectivity index (χ0n) is 30.6. The fourth-order valence-corrected chi connectivity index (χ4v) is 9.13. The van der Waals surface area contributed by atoms with Gasteiger partial charge in [0.25, 0.3) is 0 Å². The number of nitrogens with zero attached hydrogens (tertiary/aromatic N) is 9. The number of rotatable bonds is 6. The van der Waals surface area contributed by atoms with E-state index in [2.05, 4.69) is 111 Å². The Labute approximate surface area is 328 Å². The van der Waals surface area contributed by atoms with Crippen molar-refractivity contribution in [2.45, 2.75) is 24.5 Å². The lowest BCUT2D eigenvalue weighted by atomic mass is 9.89. The van der Waals surface area contributed by atoms with Gasteiger partial charge in [-0.05, 0) is 110 Å². The molecule has 0 saturated carbocycles. The van der Waals surface area contributed by atoms with E-state index in [-0.39, 0.29) is 18.1 Å². The predicted octanol–water partition coefficient (Wildman–Crippen LogP) is 8.21. The highest BCUT2D eigenvalue weighted by Crippen LogP contribution is 2.51. The summed E-state index contributed by atoms with van der Waals surface area (Å²) < 4.78 is 4.58. The van der Waals surface area contributed by atoms with Crippen molar-refractivity contribution in [2.75, 3.05) is 0 Å². The van der Waals surface area contributed by atoms with Crippen molar-refractivity contribution in [1.82, 2.24) is 34.8 Å². The molecule has 1 saturated heterocycles. The molecular formula is C48H33N9+2. The zero-order chi connectivity index (χ0) is 37.5. The van der Waals surface area contributed by atoms with Crippen LogP contribution in [0.1, 0.15) is 6.42 Å². The van der Waals surface area contributed by atoms with Crippen molar-refractivity contribution in [3.8, 4) is 45.6 Å². The van der Waals surface area contributed by atoms with Crippen LogP contribution in [0.3, 0.4) is 0 Å². The highest BCUT2D eigenvalue weighted by molar-refractivity contribution is 6.07. The van der Waals surface area contributed by atoms with Crippen molar-refractivity contribution in [3.05, 3.63) is 192 Å². The molecule has 9 heteroatoms. The maximum Gasteiger partial charge on any atom is 0.442 e. The second-order valence-electron chi connectivity index (χ2n) is 14.7. The molecule has 0 radical (unpaired) electrons. The van der Waals surface area contributed by atoms with Gasteiger partial charge in [0.1, 0.15) is 28.9 Å². The molecule has 6 aliphatic rings. The Kier molecular flexibility index (Phi) is 7.05. The molecule has 3 atom stereocenters. The van der Waals surface area contributed by atoms with Gasteiger partial charge in [0.05, 0.1) is 12.1 Å². The molecule has 1 fully saturated rings. The minimum absolute atomic E-state index is 0.00839. The zero-order valence-corrected chi connectivity index (χ0v) is 30.6. The third-order valence-electron chi connectivity index (χ3n) is 11.5. The number of hydrogen-bond acceptors (Lipinski definition) is 7. The monoisotopic (exact) mass is 735 g/mol. The minimum Gasteiger partial charge on any atom is -0.260 e. The quantitative estimate of drug-likeness (QED) is 0.160. The first-order valence-corrected chi connectivity index (χ1v) is 19.3. The molecule has 0 N–H and O–H groups in total. The third-order valence-corrected chi connectivity index (χ3v) is 11.5. The van der Waals surface area contributed by atoms with Gasteiger partial charge in [-0.1, -0.05) is 97.1 Å². The highest BCUT2D eigenvalue weighted by atomic mass is 15.4. The van der Waals surface area contributed by atoms with Crippen LogP contribution in [0.15, 0.2) is 192 Å². The first-order chi connectivity index (χ1) is 28.3. The Morgan fingerprint density at radius 1 is 0.421 bits per heavy atom. The average molecular weight is 736 g/mol. The molecule has 5 heterocycles. The van der Waals surface area contributed by atoms with Crippen molar-refractivity contribution >= 4 is 23.3 Å².